The number of fused-ring (bicyclic) bond motifs is 1. The normalized spacial score (nSPS) is 14.1. The number of rotatable bonds is 6. The van der Waals surface area contributed by atoms with Crippen LogP contribution >= 0.6 is 0 Å². The number of hydrogen-bond donors (Lipinski definition) is 2. The number of imidazole rings is 1. The fourth-order valence-electron chi connectivity index (χ4n) is 3.85. The highest BCUT2D eigenvalue weighted by molar-refractivity contribution is 5.99. The summed E-state index contributed by atoms with van der Waals surface area (Å²) in [5.41, 5.74) is 4.76. The smallest absolute Gasteiger partial charge is 0.254 e. The molecule has 2 heterocycles. The number of nitrogens with one attached hydrogen (secondary N) is 2. The molecule has 3 aromatic rings. The van der Waals surface area contributed by atoms with Gasteiger partial charge in [-0.25, -0.2) is 4.98 Å². The van der Waals surface area contributed by atoms with Crippen LogP contribution in [0.5, 0.6) is 0 Å². The van der Waals surface area contributed by atoms with E-state index < -0.39 is 0 Å². The van der Waals surface area contributed by atoms with Gasteiger partial charge in [0.05, 0.1) is 17.6 Å². The zero-order valence-electron chi connectivity index (χ0n) is 17.4. The number of aromatic nitrogens is 2. The second-order valence-corrected chi connectivity index (χ2v) is 7.71. The molecule has 2 N–H and O–H groups in total. The van der Waals surface area contributed by atoms with Crippen LogP contribution in [-0.4, -0.2) is 45.9 Å². The molecule has 1 aliphatic heterocycles. The van der Waals surface area contributed by atoms with Crippen molar-refractivity contribution < 1.29 is 9.59 Å². The first kappa shape index (κ1) is 19.9. The summed E-state index contributed by atoms with van der Waals surface area (Å²) in [5, 5.41) is 6.20. The number of piperazine rings is 1. The minimum atomic E-state index is -0.133. The SMILES string of the molecule is CCCn1c(NCc2cccc(C)c2)nc2cc(C(=O)N3CCNC(=O)C3)ccc21. The van der Waals surface area contributed by atoms with Gasteiger partial charge in [0.15, 0.2) is 0 Å². The van der Waals surface area contributed by atoms with E-state index in [4.69, 9.17) is 4.98 Å². The van der Waals surface area contributed by atoms with Gasteiger partial charge in [-0.2, -0.15) is 0 Å². The molecular formula is C23H27N5O2. The van der Waals surface area contributed by atoms with Crippen molar-refractivity contribution in [3.05, 3.63) is 59.2 Å². The molecule has 1 aliphatic rings. The first-order valence-corrected chi connectivity index (χ1v) is 10.4. The molecule has 0 radical (unpaired) electrons. The zero-order valence-corrected chi connectivity index (χ0v) is 17.4. The molecule has 0 unspecified atom stereocenters. The molecule has 2 amide bonds. The molecule has 0 aliphatic carbocycles. The number of carbonyl (C=O) groups excluding carboxylic acids is 2. The molecule has 1 aromatic heterocycles. The Hall–Kier alpha value is -3.35. The highest BCUT2D eigenvalue weighted by Crippen LogP contribution is 2.23. The minimum Gasteiger partial charge on any atom is -0.353 e. The van der Waals surface area contributed by atoms with Gasteiger partial charge in [0.1, 0.15) is 0 Å². The van der Waals surface area contributed by atoms with E-state index in [0.717, 1.165) is 29.9 Å². The van der Waals surface area contributed by atoms with Crippen LogP contribution in [0.15, 0.2) is 42.5 Å². The zero-order chi connectivity index (χ0) is 21.1. The fourth-order valence-corrected chi connectivity index (χ4v) is 3.85. The summed E-state index contributed by atoms with van der Waals surface area (Å²) >= 11 is 0. The van der Waals surface area contributed by atoms with Gasteiger partial charge in [0.25, 0.3) is 5.91 Å². The standard InChI is InChI=1S/C23H27N5O2/c1-3-10-28-20-8-7-18(22(30)27-11-9-24-21(29)15-27)13-19(20)26-23(28)25-14-17-6-4-5-16(2)12-17/h4-8,12-13H,3,9-11,14-15H2,1-2H3,(H,24,29)(H,25,26). The number of nitrogens with zero attached hydrogens (tertiary/aromatic N) is 3. The van der Waals surface area contributed by atoms with E-state index in [9.17, 15) is 9.59 Å². The first-order valence-electron chi connectivity index (χ1n) is 10.4. The summed E-state index contributed by atoms with van der Waals surface area (Å²) in [6.07, 6.45) is 0.980. The third-order valence-electron chi connectivity index (χ3n) is 5.30. The minimum absolute atomic E-state index is 0.102. The van der Waals surface area contributed by atoms with Gasteiger partial charge in [-0.1, -0.05) is 36.8 Å². The van der Waals surface area contributed by atoms with Crippen molar-refractivity contribution in [1.29, 1.82) is 0 Å². The molecule has 0 atom stereocenters. The third kappa shape index (κ3) is 4.15. The molecule has 2 aromatic carbocycles. The molecular weight excluding hydrogens is 378 g/mol. The highest BCUT2D eigenvalue weighted by atomic mass is 16.2. The van der Waals surface area contributed by atoms with Crippen LogP contribution in [0.2, 0.25) is 0 Å². The van der Waals surface area contributed by atoms with Crippen molar-refractivity contribution in [2.75, 3.05) is 25.0 Å². The maximum Gasteiger partial charge on any atom is 0.254 e. The van der Waals surface area contributed by atoms with Crippen molar-refractivity contribution in [2.24, 2.45) is 0 Å². The summed E-state index contributed by atoms with van der Waals surface area (Å²) in [6.45, 7) is 6.86. The number of benzene rings is 2. The van der Waals surface area contributed by atoms with E-state index in [2.05, 4.69) is 53.3 Å². The number of aryl methyl sites for hydroxylation is 2. The second-order valence-electron chi connectivity index (χ2n) is 7.71. The van der Waals surface area contributed by atoms with Crippen LogP contribution in [0, 0.1) is 6.92 Å². The van der Waals surface area contributed by atoms with Crippen LogP contribution < -0.4 is 10.6 Å². The van der Waals surface area contributed by atoms with Gasteiger partial charge >= 0.3 is 0 Å². The van der Waals surface area contributed by atoms with Gasteiger partial charge in [-0.05, 0) is 37.1 Å². The van der Waals surface area contributed by atoms with E-state index in [-0.39, 0.29) is 18.4 Å². The third-order valence-corrected chi connectivity index (χ3v) is 5.30. The predicted molar refractivity (Wildman–Crippen MR) is 117 cm³/mol. The average molecular weight is 406 g/mol. The van der Waals surface area contributed by atoms with Gasteiger partial charge < -0.3 is 20.1 Å². The topological polar surface area (TPSA) is 79.3 Å². The average Bonchev–Trinajstić information content (AvgIpc) is 3.09. The lowest BCUT2D eigenvalue weighted by atomic mass is 10.1. The largest absolute Gasteiger partial charge is 0.353 e. The van der Waals surface area contributed by atoms with E-state index >= 15 is 0 Å². The Labute approximate surface area is 176 Å². The molecule has 1 saturated heterocycles. The number of carbonyl (C=O) groups is 2. The van der Waals surface area contributed by atoms with Gasteiger partial charge in [0.2, 0.25) is 11.9 Å². The lowest BCUT2D eigenvalue weighted by Gasteiger charge is -2.26. The fraction of sp³-hybridized carbons (Fsp3) is 0.348. The van der Waals surface area contributed by atoms with Crippen LogP contribution in [0.25, 0.3) is 11.0 Å². The lowest BCUT2D eigenvalue weighted by Crippen LogP contribution is -2.49. The molecule has 156 valence electrons. The molecule has 7 heteroatoms. The van der Waals surface area contributed by atoms with Crippen LogP contribution in [0.1, 0.15) is 34.8 Å². The molecule has 0 bridgehead atoms. The van der Waals surface area contributed by atoms with Crippen molar-refractivity contribution in [1.82, 2.24) is 19.8 Å². The van der Waals surface area contributed by atoms with Gasteiger partial charge in [-0.3, -0.25) is 9.59 Å². The summed E-state index contributed by atoms with van der Waals surface area (Å²) in [5.74, 6) is 0.548. The maximum absolute atomic E-state index is 12.8. The van der Waals surface area contributed by atoms with Crippen LogP contribution in [-0.2, 0) is 17.9 Å². The van der Waals surface area contributed by atoms with Crippen molar-refractivity contribution in [2.45, 2.75) is 33.4 Å². The quantitative estimate of drug-likeness (QED) is 0.661. The van der Waals surface area contributed by atoms with Crippen LogP contribution in [0.3, 0.4) is 0 Å². The molecule has 7 nitrogen and oxygen atoms in total. The van der Waals surface area contributed by atoms with Crippen molar-refractivity contribution in [3.63, 3.8) is 0 Å². The highest BCUT2D eigenvalue weighted by Gasteiger charge is 2.23. The van der Waals surface area contributed by atoms with E-state index in [1.807, 2.05) is 18.2 Å². The first-order chi connectivity index (χ1) is 14.5. The molecule has 1 fully saturated rings. The molecule has 4 rings (SSSR count). The van der Waals surface area contributed by atoms with Crippen LogP contribution in [0.4, 0.5) is 5.95 Å². The Kier molecular flexibility index (Phi) is 5.70. The van der Waals surface area contributed by atoms with E-state index in [1.54, 1.807) is 4.90 Å². The summed E-state index contributed by atoms with van der Waals surface area (Å²) in [4.78, 5) is 30.8. The summed E-state index contributed by atoms with van der Waals surface area (Å²) in [7, 11) is 0. The van der Waals surface area contributed by atoms with Crippen molar-refractivity contribution in [3.8, 4) is 0 Å². The lowest BCUT2D eigenvalue weighted by molar-refractivity contribution is -0.123. The molecule has 0 spiro atoms. The number of anilines is 1. The molecule has 0 saturated carbocycles. The Balaban J connectivity index is 1.60. The number of hydrogen-bond acceptors (Lipinski definition) is 4. The monoisotopic (exact) mass is 405 g/mol. The Morgan fingerprint density at radius 3 is 2.87 bits per heavy atom. The second kappa shape index (κ2) is 8.57. The summed E-state index contributed by atoms with van der Waals surface area (Å²) in [6, 6.07) is 14.0. The summed E-state index contributed by atoms with van der Waals surface area (Å²) < 4.78 is 2.16. The number of amides is 2. The molecule has 30 heavy (non-hydrogen) atoms. The Morgan fingerprint density at radius 1 is 1.23 bits per heavy atom. The Bertz CT molecular complexity index is 1090. The predicted octanol–water partition coefficient (Wildman–Crippen LogP) is 2.94. The maximum atomic E-state index is 12.8. The Morgan fingerprint density at radius 2 is 2.10 bits per heavy atom. The van der Waals surface area contributed by atoms with Crippen molar-refractivity contribution >= 4 is 28.8 Å². The van der Waals surface area contributed by atoms with E-state index in [1.165, 1.54) is 11.1 Å². The van der Waals surface area contributed by atoms with E-state index in [0.29, 0.717) is 25.2 Å². The van der Waals surface area contributed by atoms with Gasteiger partial charge in [0, 0.05) is 31.7 Å². The van der Waals surface area contributed by atoms with Gasteiger partial charge in [-0.15, -0.1) is 0 Å².